The number of hydrogen-bond donors (Lipinski definition) is 2. The summed E-state index contributed by atoms with van der Waals surface area (Å²) in [7, 11) is 4.11. The minimum atomic E-state index is 0.252. The summed E-state index contributed by atoms with van der Waals surface area (Å²) in [5.41, 5.74) is 5.82. The highest BCUT2D eigenvalue weighted by molar-refractivity contribution is 5.42. The Hall–Kier alpha value is -1.63. The molecule has 7 nitrogen and oxygen atoms in total. The number of anilines is 3. The van der Waals surface area contributed by atoms with Crippen LogP contribution in [-0.2, 0) is 0 Å². The van der Waals surface area contributed by atoms with Gasteiger partial charge in [-0.15, -0.1) is 0 Å². The predicted molar refractivity (Wildman–Crippen MR) is 88.6 cm³/mol. The SMILES string of the molecule is CCN(CC)c1nc(N)nc(NC(CN(C)C)C(C)C)n1. The van der Waals surface area contributed by atoms with Gasteiger partial charge in [-0.3, -0.25) is 0 Å². The van der Waals surface area contributed by atoms with Crippen LogP contribution in [0.15, 0.2) is 0 Å². The maximum absolute atomic E-state index is 5.82. The van der Waals surface area contributed by atoms with Gasteiger partial charge in [0.2, 0.25) is 17.8 Å². The van der Waals surface area contributed by atoms with E-state index in [2.05, 4.69) is 71.9 Å². The summed E-state index contributed by atoms with van der Waals surface area (Å²) in [6, 6.07) is 0.256. The summed E-state index contributed by atoms with van der Waals surface area (Å²) < 4.78 is 0. The van der Waals surface area contributed by atoms with E-state index in [0.29, 0.717) is 17.8 Å². The van der Waals surface area contributed by atoms with Crippen LogP contribution in [-0.4, -0.2) is 59.6 Å². The molecule has 0 aromatic carbocycles. The zero-order valence-electron chi connectivity index (χ0n) is 14.1. The summed E-state index contributed by atoms with van der Waals surface area (Å²) in [4.78, 5) is 17.1. The fraction of sp³-hybridized carbons (Fsp3) is 0.786. The monoisotopic (exact) mass is 295 g/mol. The number of aromatic nitrogens is 3. The van der Waals surface area contributed by atoms with Crippen LogP contribution in [0.4, 0.5) is 17.8 Å². The molecule has 1 heterocycles. The van der Waals surface area contributed by atoms with E-state index in [1.54, 1.807) is 0 Å². The third-order valence-electron chi connectivity index (χ3n) is 3.37. The predicted octanol–water partition coefficient (Wildman–Crippen LogP) is 1.30. The van der Waals surface area contributed by atoms with Crippen LogP contribution >= 0.6 is 0 Å². The average Bonchev–Trinajstić information content (AvgIpc) is 2.38. The standard InChI is InChI=1S/C14H29N7/c1-7-21(8-2)14-18-12(15)17-13(19-14)16-11(10(3)4)9-20(5)6/h10-11H,7-9H2,1-6H3,(H3,15,16,17,18,19). The second-order valence-electron chi connectivity index (χ2n) is 5.75. The molecule has 0 saturated carbocycles. The lowest BCUT2D eigenvalue weighted by molar-refractivity contribution is 0.343. The topological polar surface area (TPSA) is 83.2 Å². The number of nitrogens with zero attached hydrogens (tertiary/aromatic N) is 5. The second-order valence-corrected chi connectivity index (χ2v) is 5.75. The fourth-order valence-corrected chi connectivity index (χ4v) is 2.08. The summed E-state index contributed by atoms with van der Waals surface area (Å²) in [6.45, 7) is 11.1. The van der Waals surface area contributed by atoms with Gasteiger partial charge < -0.3 is 20.9 Å². The Morgan fingerprint density at radius 1 is 1.10 bits per heavy atom. The lowest BCUT2D eigenvalue weighted by Crippen LogP contribution is -2.37. The molecule has 1 atom stereocenters. The molecule has 21 heavy (non-hydrogen) atoms. The highest BCUT2D eigenvalue weighted by Crippen LogP contribution is 2.14. The molecule has 1 unspecified atom stereocenters. The third-order valence-corrected chi connectivity index (χ3v) is 3.37. The van der Waals surface area contributed by atoms with Gasteiger partial charge in [0.05, 0.1) is 0 Å². The molecule has 0 aliphatic rings. The number of nitrogens with two attached hydrogens (primary N) is 1. The van der Waals surface area contributed by atoms with Gasteiger partial charge in [-0.1, -0.05) is 13.8 Å². The largest absolute Gasteiger partial charge is 0.368 e. The summed E-state index contributed by atoms with van der Waals surface area (Å²) in [5, 5.41) is 3.38. The maximum atomic E-state index is 5.82. The first kappa shape index (κ1) is 17.4. The highest BCUT2D eigenvalue weighted by atomic mass is 15.3. The Morgan fingerprint density at radius 2 is 1.71 bits per heavy atom. The Kier molecular flexibility index (Phi) is 6.61. The fourth-order valence-electron chi connectivity index (χ4n) is 2.08. The van der Waals surface area contributed by atoms with Crippen molar-refractivity contribution < 1.29 is 0 Å². The molecule has 0 aliphatic heterocycles. The van der Waals surface area contributed by atoms with Crippen molar-refractivity contribution in [2.75, 3.05) is 49.7 Å². The van der Waals surface area contributed by atoms with Crippen molar-refractivity contribution >= 4 is 17.8 Å². The van der Waals surface area contributed by atoms with Crippen molar-refractivity contribution in [3.05, 3.63) is 0 Å². The molecule has 0 bridgehead atoms. The molecule has 0 saturated heterocycles. The van der Waals surface area contributed by atoms with Gasteiger partial charge in [-0.25, -0.2) is 0 Å². The van der Waals surface area contributed by atoms with Crippen molar-refractivity contribution in [2.45, 2.75) is 33.7 Å². The van der Waals surface area contributed by atoms with Gasteiger partial charge in [0, 0.05) is 25.7 Å². The Balaban J connectivity index is 2.96. The van der Waals surface area contributed by atoms with Crippen LogP contribution in [0.25, 0.3) is 0 Å². The third kappa shape index (κ3) is 5.34. The van der Waals surface area contributed by atoms with E-state index in [4.69, 9.17) is 5.73 Å². The smallest absolute Gasteiger partial charge is 0.231 e. The zero-order chi connectivity index (χ0) is 16.0. The van der Waals surface area contributed by atoms with Crippen molar-refractivity contribution in [1.29, 1.82) is 0 Å². The molecule has 1 aromatic rings. The second kappa shape index (κ2) is 7.97. The van der Waals surface area contributed by atoms with Gasteiger partial charge in [0.15, 0.2) is 0 Å². The number of hydrogen-bond acceptors (Lipinski definition) is 7. The number of nitrogen functional groups attached to an aromatic ring is 1. The Morgan fingerprint density at radius 3 is 2.19 bits per heavy atom. The van der Waals surface area contributed by atoms with E-state index in [-0.39, 0.29) is 12.0 Å². The number of nitrogens with one attached hydrogen (secondary N) is 1. The normalized spacial score (nSPS) is 12.8. The molecule has 120 valence electrons. The van der Waals surface area contributed by atoms with Gasteiger partial charge in [0.1, 0.15) is 0 Å². The summed E-state index contributed by atoms with van der Waals surface area (Å²) in [6.07, 6.45) is 0. The molecule has 0 aliphatic carbocycles. The summed E-state index contributed by atoms with van der Waals surface area (Å²) >= 11 is 0. The first-order valence-electron chi connectivity index (χ1n) is 7.55. The van der Waals surface area contributed by atoms with Crippen LogP contribution < -0.4 is 16.0 Å². The highest BCUT2D eigenvalue weighted by Gasteiger charge is 2.17. The zero-order valence-corrected chi connectivity index (χ0v) is 14.1. The molecule has 3 N–H and O–H groups in total. The minimum Gasteiger partial charge on any atom is -0.368 e. The molecule has 0 spiro atoms. The number of rotatable bonds is 8. The van der Waals surface area contributed by atoms with Crippen LogP contribution in [0, 0.1) is 5.92 Å². The van der Waals surface area contributed by atoms with Crippen LogP contribution in [0.5, 0.6) is 0 Å². The van der Waals surface area contributed by atoms with Crippen molar-refractivity contribution in [1.82, 2.24) is 19.9 Å². The molecule has 0 radical (unpaired) electrons. The van der Waals surface area contributed by atoms with E-state index >= 15 is 0 Å². The van der Waals surface area contributed by atoms with E-state index in [1.165, 1.54) is 0 Å². The van der Waals surface area contributed by atoms with E-state index < -0.39 is 0 Å². The van der Waals surface area contributed by atoms with Gasteiger partial charge in [-0.05, 0) is 33.9 Å². The van der Waals surface area contributed by atoms with Crippen molar-refractivity contribution in [3.63, 3.8) is 0 Å². The van der Waals surface area contributed by atoms with Gasteiger partial charge in [-0.2, -0.15) is 15.0 Å². The molecular formula is C14H29N7. The quantitative estimate of drug-likeness (QED) is 0.748. The molecule has 0 amide bonds. The molecule has 0 fully saturated rings. The van der Waals surface area contributed by atoms with Gasteiger partial charge in [0.25, 0.3) is 0 Å². The molecule has 1 rings (SSSR count). The van der Waals surface area contributed by atoms with E-state index in [9.17, 15) is 0 Å². The molecule has 7 heteroatoms. The average molecular weight is 295 g/mol. The minimum absolute atomic E-state index is 0.252. The van der Waals surface area contributed by atoms with Crippen LogP contribution in [0.2, 0.25) is 0 Å². The van der Waals surface area contributed by atoms with E-state index in [0.717, 1.165) is 19.6 Å². The number of likely N-dealkylation sites (N-methyl/N-ethyl adjacent to an activating group) is 1. The van der Waals surface area contributed by atoms with Crippen molar-refractivity contribution in [2.24, 2.45) is 5.92 Å². The lowest BCUT2D eigenvalue weighted by atomic mass is 10.0. The first-order valence-corrected chi connectivity index (χ1v) is 7.55. The van der Waals surface area contributed by atoms with E-state index in [1.807, 2.05) is 0 Å². The van der Waals surface area contributed by atoms with Gasteiger partial charge >= 0.3 is 0 Å². The maximum Gasteiger partial charge on any atom is 0.231 e. The first-order chi connectivity index (χ1) is 9.87. The van der Waals surface area contributed by atoms with Crippen molar-refractivity contribution in [3.8, 4) is 0 Å². The lowest BCUT2D eigenvalue weighted by Gasteiger charge is -2.26. The molecular weight excluding hydrogens is 266 g/mol. The van der Waals surface area contributed by atoms with Crippen LogP contribution in [0.3, 0.4) is 0 Å². The Bertz CT molecular complexity index is 429. The molecule has 1 aromatic heterocycles. The summed E-state index contributed by atoms with van der Waals surface area (Å²) in [5.74, 6) is 1.89. The Labute approximate surface area is 128 Å². The van der Waals surface area contributed by atoms with Crippen LogP contribution in [0.1, 0.15) is 27.7 Å².